The van der Waals surface area contributed by atoms with Crippen molar-refractivity contribution >= 4 is 70.0 Å². The first-order chi connectivity index (χ1) is 25.0. The molecule has 3 heterocycles. The summed E-state index contributed by atoms with van der Waals surface area (Å²) in [6.07, 6.45) is -4.01. The van der Waals surface area contributed by atoms with E-state index in [-0.39, 0.29) is 29.4 Å². The topological polar surface area (TPSA) is 205 Å². The molecule has 2 unspecified atom stereocenters. The second-order valence-electron chi connectivity index (χ2n) is 14.3. The fraction of sp³-hybridized carbons (Fsp3) is 0.389. The lowest BCUT2D eigenvalue weighted by Gasteiger charge is -2.28. The molecule has 0 aliphatic carbocycles. The summed E-state index contributed by atoms with van der Waals surface area (Å²) in [6, 6.07) is 21.2. The SMILES string of the molecule is C[C@H](NP(=O)(OC[C@H]1OC(n2c(I)nc3c(NCc4ccccc4)nc(N)nc32)[C@](C)(O)[C@@H]1O)Oc1cccc2ccccc12)C(=O)OCC(C)(C)C. The van der Waals surface area contributed by atoms with Crippen LogP contribution in [-0.2, 0) is 29.9 Å². The molecule has 0 bridgehead atoms. The van der Waals surface area contributed by atoms with Crippen molar-refractivity contribution in [2.45, 2.75) is 71.2 Å². The number of nitrogens with zero attached hydrogens (tertiary/aromatic N) is 4. The first kappa shape index (κ1) is 38.8. The number of aromatic nitrogens is 4. The van der Waals surface area contributed by atoms with E-state index < -0.39 is 50.4 Å². The lowest BCUT2D eigenvalue weighted by Crippen LogP contribution is -2.45. The molecule has 17 heteroatoms. The van der Waals surface area contributed by atoms with Crippen molar-refractivity contribution in [3.63, 3.8) is 0 Å². The number of benzene rings is 3. The van der Waals surface area contributed by atoms with E-state index in [1.165, 1.54) is 18.4 Å². The summed E-state index contributed by atoms with van der Waals surface area (Å²) in [5, 5.41) is 30.6. The highest BCUT2D eigenvalue weighted by Crippen LogP contribution is 2.49. The fourth-order valence-corrected chi connectivity index (χ4v) is 8.04. The number of halogens is 1. The van der Waals surface area contributed by atoms with Gasteiger partial charge < -0.3 is 35.3 Å². The van der Waals surface area contributed by atoms with Gasteiger partial charge in [0.2, 0.25) is 5.95 Å². The van der Waals surface area contributed by atoms with Gasteiger partial charge in [0.1, 0.15) is 29.6 Å². The summed E-state index contributed by atoms with van der Waals surface area (Å²) in [4.78, 5) is 26.4. The smallest absolute Gasteiger partial charge is 0.459 e. The number of imidazole rings is 1. The van der Waals surface area contributed by atoms with Crippen molar-refractivity contribution in [1.29, 1.82) is 0 Å². The Balaban J connectivity index is 1.26. The number of carbonyl (C=O) groups excluding carboxylic acids is 1. The molecule has 6 N–H and O–H groups in total. The number of aliphatic hydroxyl groups excluding tert-OH is 1. The Morgan fingerprint density at radius 1 is 1.09 bits per heavy atom. The van der Waals surface area contributed by atoms with Crippen LogP contribution in [0.2, 0.25) is 0 Å². The Morgan fingerprint density at radius 2 is 1.79 bits per heavy atom. The molecule has 6 atom stereocenters. The van der Waals surface area contributed by atoms with Gasteiger partial charge in [0, 0.05) is 34.5 Å². The maximum Gasteiger partial charge on any atom is 0.459 e. The van der Waals surface area contributed by atoms with E-state index in [1.54, 1.807) is 18.2 Å². The average molecular weight is 860 g/mol. The number of hydrogen-bond acceptors (Lipinski definition) is 13. The number of esters is 1. The third-order valence-electron chi connectivity index (χ3n) is 8.54. The van der Waals surface area contributed by atoms with Crippen LogP contribution in [0.15, 0.2) is 72.8 Å². The number of aliphatic hydroxyl groups is 2. The molecule has 1 saturated heterocycles. The number of anilines is 2. The minimum Gasteiger partial charge on any atom is -0.464 e. The van der Waals surface area contributed by atoms with E-state index in [0.717, 1.165) is 10.9 Å². The van der Waals surface area contributed by atoms with E-state index in [9.17, 15) is 19.6 Å². The molecular formula is C36H43IN7O8P. The van der Waals surface area contributed by atoms with E-state index >= 15 is 0 Å². The quantitative estimate of drug-likeness (QED) is 0.0426. The number of ether oxygens (including phenoxy) is 2. The predicted octanol–water partition coefficient (Wildman–Crippen LogP) is 5.56. The van der Waals surface area contributed by atoms with Crippen molar-refractivity contribution in [2.24, 2.45) is 5.41 Å². The molecule has 53 heavy (non-hydrogen) atoms. The molecular weight excluding hydrogens is 816 g/mol. The standard InChI is InChI=1S/C36H43IN7O8P/c1-21(31(46)49-20-35(2,3)4)43-53(48,52-25-17-11-15-23-14-9-10-16-24(23)25)50-19-26-28(45)36(5,47)32(51-26)44-30-27(40-33(44)37)29(41-34(38)42-30)39-18-22-12-7-6-8-13-22/h6-17,21,26,28,32,45,47H,18-20H2,1-5H3,(H,43,48)(H3,38,39,41,42)/t21-,26+,28+,32?,36+,53?/m0/s1. The first-order valence-corrected chi connectivity index (χ1v) is 19.6. The number of nitrogens with one attached hydrogen (secondary N) is 2. The van der Waals surface area contributed by atoms with Crippen molar-refractivity contribution in [3.8, 4) is 5.75 Å². The van der Waals surface area contributed by atoms with Crippen molar-refractivity contribution < 1.29 is 38.1 Å². The zero-order chi connectivity index (χ0) is 38.1. The van der Waals surface area contributed by atoms with Gasteiger partial charge in [-0.25, -0.2) is 9.55 Å². The van der Waals surface area contributed by atoms with Gasteiger partial charge in [-0.1, -0.05) is 87.5 Å². The Morgan fingerprint density at radius 3 is 2.53 bits per heavy atom. The molecule has 6 rings (SSSR count). The van der Waals surface area contributed by atoms with Gasteiger partial charge in [-0.2, -0.15) is 15.1 Å². The largest absolute Gasteiger partial charge is 0.464 e. The predicted molar refractivity (Wildman–Crippen MR) is 208 cm³/mol. The van der Waals surface area contributed by atoms with E-state index in [2.05, 4.69) is 25.4 Å². The molecule has 2 aromatic heterocycles. The van der Waals surface area contributed by atoms with Gasteiger partial charge in [0.15, 0.2) is 27.0 Å². The van der Waals surface area contributed by atoms with Crippen LogP contribution in [0.3, 0.4) is 0 Å². The van der Waals surface area contributed by atoms with Crippen LogP contribution >= 0.6 is 30.3 Å². The lowest BCUT2D eigenvalue weighted by molar-refractivity contribution is -0.148. The molecule has 5 aromatic rings. The number of hydrogen-bond donors (Lipinski definition) is 5. The highest BCUT2D eigenvalue weighted by Gasteiger charge is 2.55. The van der Waals surface area contributed by atoms with Crippen LogP contribution in [0.1, 0.15) is 46.4 Å². The summed E-state index contributed by atoms with van der Waals surface area (Å²) in [5.74, 6) is -0.0959. The zero-order valence-corrected chi connectivity index (χ0v) is 32.9. The number of fused-ring (bicyclic) bond motifs is 2. The minimum absolute atomic E-state index is 0.0450. The fourth-order valence-electron chi connectivity index (χ4n) is 5.80. The van der Waals surface area contributed by atoms with Gasteiger partial charge in [0.25, 0.3) is 0 Å². The summed E-state index contributed by atoms with van der Waals surface area (Å²) in [5.41, 5.74) is 5.54. The number of nitrogen functional groups attached to an aromatic ring is 1. The minimum atomic E-state index is -4.41. The molecule has 3 aromatic carbocycles. The van der Waals surface area contributed by atoms with Crippen LogP contribution in [0.25, 0.3) is 21.9 Å². The number of nitrogens with two attached hydrogens (primary N) is 1. The van der Waals surface area contributed by atoms with Gasteiger partial charge in [0.05, 0.1) is 13.2 Å². The summed E-state index contributed by atoms with van der Waals surface area (Å²) >= 11 is 1.98. The Bertz CT molecular complexity index is 2140. The van der Waals surface area contributed by atoms with E-state index in [4.69, 9.17) is 24.3 Å². The highest BCUT2D eigenvalue weighted by molar-refractivity contribution is 14.1. The summed E-state index contributed by atoms with van der Waals surface area (Å²) in [6.45, 7) is 8.70. The molecule has 0 amide bonds. The molecule has 0 saturated carbocycles. The molecule has 282 valence electrons. The third-order valence-corrected chi connectivity index (χ3v) is 10.9. The van der Waals surface area contributed by atoms with E-state index in [0.29, 0.717) is 27.1 Å². The Kier molecular flexibility index (Phi) is 11.3. The van der Waals surface area contributed by atoms with Gasteiger partial charge in [-0.3, -0.25) is 13.9 Å². The van der Waals surface area contributed by atoms with Crippen LogP contribution in [0.5, 0.6) is 5.75 Å². The van der Waals surface area contributed by atoms with E-state index in [1.807, 2.05) is 98.0 Å². The Labute approximate surface area is 320 Å². The molecule has 0 radical (unpaired) electrons. The van der Waals surface area contributed by atoms with Crippen molar-refractivity contribution in [2.75, 3.05) is 24.3 Å². The monoisotopic (exact) mass is 859 g/mol. The maximum atomic E-state index is 14.5. The molecule has 15 nitrogen and oxygen atoms in total. The van der Waals surface area contributed by atoms with Crippen molar-refractivity contribution in [3.05, 3.63) is 82.2 Å². The van der Waals surface area contributed by atoms with Crippen LogP contribution in [-0.4, -0.2) is 72.8 Å². The number of carbonyl (C=O) groups is 1. The number of rotatable bonds is 13. The normalized spacial score (nSPS) is 22.1. The lowest BCUT2D eigenvalue weighted by atomic mass is 9.96. The van der Waals surface area contributed by atoms with Gasteiger partial charge >= 0.3 is 13.7 Å². The van der Waals surface area contributed by atoms with Crippen molar-refractivity contribution in [1.82, 2.24) is 24.6 Å². The van der Waals surface area contributed by atoms with Gasteiger partial charge in [-0.15, -0.1) is 0 Å². The average Bonchev–Trinajstić information content (AvgIpc) is 3.55. The zero-order valence-electron chi connectivity index (χ0n) is 29.9. The molecule has 1 aliphatic rings. The molecule has 1 aliphatic heterocycles. The maximum absolute atomic E-state index is 14.5. The Hall–Kier alpha value is -3.90. The summed E-state index contributed by atoms with van der Waals surface area (Å²) < 4.78 is 40.1. The second-order valence-corrected chi connectivity index (χ2v) is 16.9. The van der Waals surface area contributed by atoms with Crippen LogP contribution in [0, 0.1) is 9.25 Å². The summed E-state index contributed by atoms with van der Waals surface area (Å²) in [7, 11) is -4.41. The molecule has 1 fully saturated rings. The van der Waals surface area contributed by atoms with Crippen LogP contribution < -0.4 is 20.7 Å². The van der Waals surface area contributed by atoms with Crippen LogP contribution in [0.4, 0.5) is 11.8 Å². The highest BCUT2D eigenvalue weighted by atomic mass is 127. The second kappa shape index (κ2) is 15.5. The third kappa shape index (κ3) is 8.75. The first-order valence-electron chi connectivity index (χ1n) is 17.0. The van der Waals surface area contributed by atoms with Gasteiger partial charge in [-0.05, 0) is 36.3 Å². The molecule has 0 spiro atoms.